The van der Waals surface area contributed by atoms with E-state index < -0.39 is 0 Å². The molecule has 0 aliphatic heterocycles. The summed E-state index contributed by atoms with van der Waals surface area (Å²) in [6.07, 6.45) is 1.75. The molecule has 0 fully saturated rings. The number of aromatic nitrogens is 1. The number of pyridine rings is 1. The fourth-order valence-electron chi connectivity index (χ4n) is 0.804. The number of halogens is 2. The summed E-state index contributed by atoms with van der Waals surface area (Å²) >= 11 is 5.55. The first-order valence-electron chi connectivity index (χ1n) is 3.88. The minimum Gasteiger partial charge on any atom is -0.487 e. The lowest BCUT2D eigenvalue weighted by Crippen LogP contribution is -2.23. The van der Waals surface area contributed by atoms with Gasteiger partial charge in [0.25, 0.3) is 0 Å². The normalized spacial score (nSPS) is 11.5. The second-order valence-corrected chi connectivity index (χ2v) is 5.61. The van der Waals surface area contributed by atoms with Crippen LogP contribution in [0.4, 0.5) is 0 Å². The molecule has 0 saturated heterocycles. The van der Waals surface area contributed by atoms with Crippen LogP contribution in [-0.4, -0.2) is 10.6 Å². The first kappa shape index (κ1) is 11.2. The minimum atomic E-state index is -0.174. The molecule has 0 aromatic carbocycles. The van der Waals surface area contributed by atoms with Crippen molar-refractivity contribution in [2.75, 3.05) is 0 Å². The highest BCUT2D eigenvalue weighted by Crippen LogP contribution is 2.28. The summed E-state index contributed by atoms with van der Waals surface area (Å²) in [6, 6.07) is 1.91. The molecule has 0 saturated carbocycles. The molecule has 2 nitrogen and oxygen atoms in total. The molecule has 1 rings (SSSR count). The van der Waals surface area contributed by atoms with E-state index in [4.69, 9.17) is 4.74 Å². The van der Waals surface area contributed by atoms with Gasteiger partial charge in [0.05, 0.1) is 4.47 Å². The second kappa shape index (κ2) is 4.13. The van der Waals surface area contributed by atoms with Gasteiger partial charge in [-0.25, -0.2) is 4.98 Å². The van der Waals surface area contributed by atoms with Crippen molar-refractivity contribution in [3.8, 4) is 5.75 Å². The van der Waals surface area contributed by atoms with Gasteiger partial charge in [-0.3, -0.25) is 0 Å². The highest BCUT2D eigenvalue weighted by atomic mass is 127. The maximum absolute atomic E-state index is 5.72. The summed E-state index contributed by atoms with van der Waals surface area (Å²) in [6.45, 7) is 6.06. The predicted octanol–water partition coefficient (Wildman–Crippen LogP) is 3.63. The van der Waals surface area contributed by atoms with Gasteiger partial charge in [-0.05, 0) is 59.3 Å². The zero-order valence-corrected chi connectivity index (χ0v) is 11.5. The van der Waals surface area contributed by atoms with Gasteiger partial charge >= 0.3 is 0 Å². The molecule has 0 unspecified atom stereocenters. The first-order chi connectivity index (χ1) is 5.88. The van der Waals surface area contributed by atoms with Crippen molar-refractivity contribution in [1.29, 1.82) is 0 Å². The molecular weight excluding hydrogens is 345 g/mol. The molecule has 0 bridgehead atoms. The minimum absolute atomic E-state index is 0.174. The molecular formula is C9H11BrINO. The molecule has 72 valence electrons. The lowest BCUT2D eigenvalue weighted by molar-refractivity contribution is 0.129. The van der Waals surface area contributed by atoms with E-state index >= 15 is 0 Å². The summed E-state index contributed by atoms with van der Waals surface area (Å²) in [5, 5.41) is 0. The third-order valence-electron chi connectivity index (χ3n) is 1.20. The molecule has 0 atom stereocenters. The highest BCUT2D eigenvalue weighted by Gasteiger charge is 2.14. The molecule has 1 aromatic heterocycles. The van der Waals surface area contributed by atoms with Gasteiger partial charge in [0.15, 0.2) is 0 Å². The van der Waals surface area contributed by atoms with Gasteiger partial charge in [-0.2, -0.15) is 0 Å². The molecule has 0 N–H and O–H groups in total. The van der Waals surface area contributed by atoms with E-state index in [0.717, 1.165) is 13.9 Å². The average Bonchev–Trinajstić information content (AvgIpc) is 1.94. The fourth-order valence-corrected chi connectivity index (χ4v) is 1.52. The maximum atomic E-state index is 5.72. The standard InChI is InChI=1S/C9H11BrINO/c1-9(2,3)13-7-4-8(11)12-5-6(7)10/h4-5H,1-3H3. The van der Waals surface area contributed by atoms with Crippen LogP contribution in [0.2, 0.25) is 0 Å². The molecule has 0 radical (unpaired) electrons. The first-order valence-corrected chi connectivity index (χ1v) is 5.76. The maximum Gasteiger partial charge on any atom is 0.138 e. The van der Waals surface area contributed by atoms with E-state index in [1.54, 1.807) is 6.20 Å². The summed E-state index contributed by atoms with van der Waals surface area (Å²) in [5.74, 6) is 0.840. The lowest BCUT2D eigenvalue weighted by Gasteiger charge is -2.21. The molecule has 0 amide bonds. The lowest BCUT2D eigenvalue weighted by atomic mass is 10.2. The van der Waals surface area contributed by atoms with E-state index in [1.165, 1.54) is 0 Å². The Hall–Kier alpha value is 0.160. The molecule has 13 heavy (non-hydrogen) atoms. The van der Waals surface area contributed by atoms with Crippen molar-refractivity contribution in [2.24, 2.45) is 0 Å². The van der Waals surface area contributed by atoms with Crippen molar-refractivity contribution in [3.05, 3.63) is 20.4 Å². The van der Waals surface area contributed by atoms with Crippen LogP contribution in [0.1, 0.15) is 20.8 Å². The van der Waals surface area contributed by atoms with Crippen LogP contribution in [0.5, 0.6) is 5.75 Å². The Morgan fingerprint density at radius 1 is 1.46 bits per heavy atom. The highest BCUT2D eigenvalue weighted by molar-refractivity contribution is 14.1. The van der Waals surface area contributed by atoms with Crippen LogP contribution in [0.25, 0.3) is 0 Å². The molecule has 1 heterocycles. The Morgan fingerprint density at radius 3 is 2.62 bits per heavy atom. The molecule has 4 heteroatoms. The Morgan fingerprint density at radius 2 is 2.08 bits per heavy atom. The van der Waals surface area contributed by atoms with Crippen molar-refractivity contribution < 1.29 is 4.74 Å². The van der Waals surface area contributed by atoms with Gasteiger partial charge in [0.1, 0.15) is 15.1 Å². The second-order valence-electron chi connectivity index (χ2n) is 3.65. The summed E-state index contributed by atoms with van der Waals surface area (Å²) in [7, 11) is 0. The average molecular weight is 356 g/mol. The van der Waals surface area contributed by atoms with Crippen LogP contribution >= 0.6 is 38.5 Å². The van der Waals surface area contributed by atoms with Gasteiger partial charge in [-0.1, -0.05) is 0 Å². The Balaban J connectivity index is 2.94. The van der Waals surface area contributed by atoms with Crippen LogP contribution in [0.3, 0.4) is 0 Å². The molecule has 0 aliphatic rings. The quantitative estimate of drug-likeness (QED) is 0.567. The number of hydrogen-bond acceptors (Lipinski definition) is 2. The van der Waals surface area contributed by atoms with E-state index in [-0.39, 0.29) is 5.60 Å². The SMILES string of the molecule is CC(C)(C)Oc1cc(I)ncc1Br. The van der Waals surface area contributed by atoms with E-state index in [0.29, 0.717) is 0 Å². The number of hydrogen-bond donors (Lipinski definition) is 0. The predicted molar refractivity (Wildman–Crippen MR) is 65.0 cm³/mol. The molecule has 0 aliphatic carbocycles. The topological polar surface area (TPSA) is 22.1 Å². The van der Waals surface area contributed by atoms with Gasteiger partial charge in [0.2, 0.25) is 0 Å². The van der Waals surface area contributed by atoms with E-state index in [9.17, 15) is 0 Å². The number of nitrogens with zero attached hydrogens (tertiary/aromatic N) is 1. The summed E-state index contributed by atoms with van der Waals surface area (Å²) < 4.78 is 7.54. The van der Waals surface area contributed by atoms with Gasteiger partial charge in [0, 0.05) is 12.3 Å². The number of ether oxygens (including phenoxy) is 1. The summed E-state index contributed by atoms with van der Waals surface area (Å²) in [5.41, 5.74) is -0.174. The fraction of sp³-hybridized carbons (Fsp3) is 0.444. The van der Waals surface area contributed by atoms with Crippen molar-refractivity contribution in [1.82, 2.24) is 4.98 Å². The Labute approximate surface area is 100 Å². The largest absolute Gasteiger partial charge is 0.487 e. The third kappa shape index (κ3) is 3.81. The summed E-state index contributed by atoms with van der Waals surface area (Å²) in [4.78, 5) is 4.13. The zero-order valence-electron chi connectivity index (χ0n) is 7.77. The van der Waals surface area contributed by atoms with E-state index in [2.05, 4.69) is 43.5 Å². The van der Waals surface area contributed by atoms with Crippen molar-refractivity contribution >= 4 is 38.5 Å². The van der Waals surface area contributed by atoms with Crippen molar-refractivity contribution in [2.45, 2.75) is 26.4 Å². The smallest absolute Gasteiger partial charge is 0.138 e. The van der Waals surface area contributed by atoms with Crippen LogP contribution in [0, 0.1) is 3.70 Å². The van der Waals surface area contributed by atoms with E-state index in [1.807, 2.05) is 26.8 Å². The monoisotopic (exact) mass is 355 g/mol. The molecule has 1 aromatic rings. The van der Waals surface area contributed by atoms with Gasteiger partial charge < -0.3 is 4.74 Å². The van der Waals surface area contributed by atoms with Crippen LogP contribution in [-0.2, 0) is 0 Å². The molecule has 0 spiro atoms. The number of rotatable bonds is 1. The third-order valence-corrected chi connectivity index (χ3v) is 2.39. The van der Waals surface area contributed by atoms with Crippen molar-refractivity contribution in [3.63, 3.8) is 0 Å². The Bertz CT molecular complexity index is 309. The Kier molecular flexibility index (Phi) is 3.57. The van der Waals surface area contributed by atoms with Gasteiger partial charge in [-0.15, -0.1) is 0 Å². The zero-order chi connectivity index (χ0) is 10.1. The van der Waals surface area contributed by atoms with Crippen LogP contribution < -0.4 is 4.74 Å². The van der Waals surface area contributed by atoms with Crippen LogP contribution in [0.15, 0.2) is 16.7 Å².